The van der Waals surface area contributed by atoms with Crippen LogP contribution in [0.5, 0.6) is 5.75 Å². The Labute approximate surface area is 145 Å². The summed E-state index contributed by atoms with van der Waals surface area (Å²) in [6.45, 7) is -0.261. The lowest BCUT2D eigenvalue weighted by Crippen LogP contribution is -2.06. The fraction of sp³-hybridized carbons (Fsp3) is 0.143. The Bertz CT molecular complexity index is 857. The fourth-order valence-electron chi connectivity index (χ4n) is 1.81. The van der Waals surface area contributed by atoms with Crippen LogP contribution in [-0.2, 0) is 13.2 Å². The Morgan fingerprint density at radius 2 is 1.92 bits per heavy atom. The van der Waals surface area contributed by atoms with Gasteiger partial charge in [0.15, 0.2) is 5.75 Å². The molecule has 7 nitrogen and oxygen atoms in total. The van der Waals surface area contributed by atoms with Gasteiger partial charge in [-0.3, -0.25) is 0 Å². The maximum atomic E-state index is 13.5. The summed E-state index contributed by atoms with van der Waals surface area (Å²) in [6.07, 6.45) is 4.22. The number of halogens is 3. The lowest BCUT2D eigenvalue weighted by molar-refractivity contribution is 0.276. The molecular weight excluding hydrogens is 360 g/mol. The van der Waals surface area contributed by atoms with Crippen molar-refractivity contribution in [1.29, 1.82) is 0 Å². The third-order valence-electron chi connectivity index (χ3n) is 3.02. The van der Waals surface area contributed by atoms with Crippen molar-refractivity contribution in [3.05, 3.63) is 57.8 Å². The first-order chi connectivity index (χ1) is 11.6. The van der Waals surface area contributed by atoms with Crippen LogP contribution in [0.1, 0.15) is 11.3 Å². The lowest BCUT2D eigenvalue weighted by atomic mass is 10.2. The minimum absolute atomic E-state index is 0.0349. The standard InChI is InChI=1S/C14H10Cl2FN5O2/c15-11-1-2-12(17)13(16)10(11)7-24-9-4-18-14(19-5-9)22-20-3-8(6-23)21-22/h1-5,23H,6-7H2. The van der Waals surface area contributed by atoms with E-state index in [1.165, 1.54) is 35.5 Å². The highest BCUT2D eigenvalue weighted by Gasteiger charge is 2.12. The highest BCUT2D eigenvalue weighted by atomic mass is 35.5. The van der Waals surface area contributed by atoms with Crippen LogP contribution < -0.4 is 4.74 Å². The molecule has 0 radical (unpaired) electrons. The van der Waals surface area contributed by atoms with Crippen LogP contribution in [0.4, 0.5) is 4.39 Å². The summed E-state index contributed by atoms with van der Waals surface area (Å²) in [6, 6.07) is 2.59. The Morgan fingerprint density at radius 3 is 2.58 bits per heavy atom. The van der Waals surface area contributed by atoms with Gasteiger partial charge in [-0.05, 0) is 12.1 Å². The van der Waals surface area contributed by atoms with E-state index in [9.17, 15) is 4.39 Å². The smallest absolute Gasteiger partial charge is 0.268 e. The van der Waals surface area contributed by atoms with Crippen LogP contribution in [0.2, 0.25) is 10.0 Å². The monoisotopic (exact) mass is 369 g/mol. The van der Waals surface area contributed by atoms with Gasteiger partial charge >= 0.3 is 0 Å². The molecule has 24 heavy (non-hydrogen) atoms. The Kier molecular flexibility index (Phi) is 4.89. The molecule has 0 spiro atoms. The molecule has 0 bridgehead atoms. The molecule has 1 aromatic carbocycles. The zero-order valence-electron chi connectivity index (χ0n) is 12.0. The molecule has 0 saturated heterocycles. The maximum Gasteiger partial charge on any atom is 0.268 e. The van der Waals surface area contributed by atoms with Crippen LogP contribution in [-0.4, -0.2) is 30.1 Å². The second-order valence-electron chi connectivity index (χ2n) is 4.61. The number of aromatic nitrogens is 5. The van der Waals surface area contributed by atoms with Crippen molar-refractivity contribution in [1.82, 2.24) is 25.0 Å². The van der Waals surface area contributed by atoms with E-state index in [2.05, 4.69) is 20.2 Å². The molecule has 0 aliphatic rings. The SMILES string of the molecule is OCc1cnn(-c2ncc(OCc3c(Cl)ccc(F)c3Cl)cn2)n1. The van der Waals surface area contributed by atoms with Crippen molar-refractivity contribution in [2.24, 2.45) is 0 Å². The summed E-state index contributed by atoms with van der Waals surface area (Å²) < 4.78 is 18.9. The topological polar surface area (TPSA) is 86.0 Å². The third-order valence-corrected chi connectivity index (χ3v) is 3.78. The van der Waals surface area contributed by atoms with Gasteiger partial charge in [0.25, 0.3) is 5.95 Å². The summed E-state index contributed by atoms with van der Waals surface area (Å²) in [5.41, 5.74) is 0.734. The highest BCUT2D eigenvalue weighted by molar-refractivity contribution is 6.36. The van der Waals surface area contributed by atoms with Gasteiger partial charge in [0.05, 0.1) is 30.2 Å². The maximum absolute atomic E-state index is 13.5. The van der Waals surface area contributed by atoms with Gasteiger partial charge in [-0.2, -0.15) is 5.10 Å². The molecular formula is C14H10Cl2FN5O2. The molecule has 2 aromatic heterocycles. The second-order valence-corrected chi connectivity index (χ2v) is 5.40. The highest BCUT2D eigenvalue weighted by Crippen LogP contribution is 2.28. The van der Waals surface area contributed by atoms with Crippen LogP contribution in [0.25, 0.3) is 5.95 Å². The van der Waals surface area contributed by atoms with E-state index in [1.807, 2.05) is 0 Å². The van der Waals surface area contributed by atoms with Crippen molar-refractivity contribution < 1.29 is 14.2 Å². The van der Waals surface area contributed by atoms with Crippen molar-refractivity contribution in [2.45, 2.75) is 13.2 Å². The number of aliphatic hydroxyl groups is 1. The number of nitrogens with zero attached hydrogens (tertiary/aromatic N) is 5. The van der Waals surface area contributed by atoms with Gasteiger partial charge < -0.3 is 9.84 Å². The molecule has 0 saturated carbocycles. The number of benzene rings is 1. The lowest BCUT2D eigenvalue weighted by Gasteiger charge is -2.09. The summed E-state index contributed by atoms with van der Waals surface area (Å²) in [4.78, 5) is 9.28. The molecule has 0 aliphatic heterocycles. The predicted octanol–water partition coefficient (Wildman–Crippen LogP) is 2.57. The van der Waals surface area contributed by atoms with Gasteiger partial charge in [0.2, 0.25) is 0 Å². The van der Waals surface area contributed by atoms with Gasteiger partial charge in [0.1, 0.15) is 18.1 Å². The van der Waals surface area contributed by atoms with Crippen molar-refractivity contribution >= 4 is 23.2 Å². The number of aliphatic hydroxyl groups excluding tert-OH is 1. The molecule has 10 heteroatoms. The van der Waals surface area contributed by atoms with E-state index in [4.69, 9.17) is 33.0 Å². The first kappa shape index (κ1) is 16.6. The zero-order chi connectivity index (χ0) is 17.1. The van der Waals surface area contributed by atoms with Crippen LogP contribution in [0.3, 0.4) is 0 Å². The molecule has 3 aromatic rings. The molecule has 1 N–H and O–H groups in total. The van der Waals surface area contributed by atoms with Crippen molar-refractivity contribution in [2.75, 3.05) is 0 Å². The van der Waals surface area contributed by atoms with Crippen LogP contribution in [0, 0.1) is 5.82 Å². The molecule has 0 fully saturated rings. The van der Waals surface area contributed by atoms with E-state index in [1.54, 1.807) is 0 Å². The third kappa shape index (κ3) is 3.45. The van der Waals surface area contributed by atoms with E-state index < -0.39 is 5.82 Å². The largest absolute Gasteiger partial charge is 0.486 e. The molecule has 2 heterocycles. The molecule has 0 unspecified atom stereocenters. The van der Waals surface area contributed by atoms with Gasteiger partial charge in [0, 0.05) is 10.6 Å². The van der Waals surface area contributed by atoms with Gasteiger partial charge in [-0.1, -0.05) is 23.2 Å². The number of rotatable bonds is 5. The first-order valence-corrected chi connectivity index (χ1v) is 7.43. The van der Waals surface area contributed by atoms with Crippen LogP contribution >= 0.6 is 23.2 Å². The Morgan fingerprint density at radius 1 is 1.17 bits per heavy atom. The minimum atomic E-state index is -0.573. The molecule has 0 aliphatic carbocycles. The molecule has 3 rings (SSSR count). The summed E-state index contributed by atoms with van der Waals surface area (Å²) in [5, 5.41) is 17.1. The van der Waals surface area contributed by atoms with E-state index in [-0.39, 0.29) is 24.2 Å². The van der Waals surface area contributed by atoms with Crippen LogP contribution in [0.15, 0.2) is 30.7 Å². The van der Waals surface area contributed by atoms with E-state index in [0.717, 1.165) is 0 Å². The summed E-state index contributed by atoms with van der Waals surface area (Å²) >= 11 is 11.9. The van der Waals surface area contributed by atoms with Gasteiger partial charge in [-0.15, -0.1) is 9.90 Å². The molecule has 0 amide bonds. The predicted molar refractivity (Wildman–Crippen MR) is 83.6 cm³/mol. The van der Waals surface area contributed by atoms with Crippen molar-refractivity contribution in [3.8, 4) is 11.7 Å². The number of hydrogen-bond donors (Lipinski definition) is 1. The Hall–Kier alpha value is -2.29. The van der Waals surface area contributed by atoms with E-state index >= 15 is 0 Å². The zero-order valence-corrected chi connectivity index (χ0v) is 13.5. The van der Waals surface area contributed by atoms with Gasteiger partial charge in [-0.25, -0.2) is 14.4 Å². The van der Waals surface area contributed by atoms with Crippen molar-refractivity contribution in [3.63, 3.8) is 0 Å². The number of hydrogen-bond acceptors (Lipinski definition) is 6. The second kappa shape index (κ2) is 7.08. The first-order valence-electron chi connectivity index (χ1n) is 6.68. The summed E-state index contributed by atoms with van der Waals surface area (Å²) in [5.74, 6) is -0.0238. The fourth-order valence-corrected chi connectivity index (χ4v) is 2.29. The number of ether oxygens (including phenoxy) is 1. The summed E-state index contributed by atoms with van der Waals surface area (Å²) in [7, 11) is 0. The average molecular weight is 370 g/mol. The molecule has 0 atom stereocenters. The average Bonchev–Trinajstić information content (AvgIpc) is 3.08. The minimum Gasteiger partial charge on any atom is -0.486 e. The Balaban J connectivity index is 1.72. The normalized spacial score (nSPS) is 10.8. The molecule has 124 valence electrons. The van der Waals surface area contributed by atoms with E-state index in [0.29, 0.717) is 22.0 Å². The quantitative estimate of drug-likeness (QED) is 0.695.